The molecule has 1 saturated heterocycles. The Morgan fingerprint density at radius 2 is 2.11 bits per heavy atom. The molecule has 106 valence electrons. The number of ether oxygens (including phenoxy) is 1. The van der Waals surface area contributed by atoms with Gasteiger partial charge in [-0.15, -0.1) is 5.10 Å². The summed E-state index contributed by atoms with van der Waals surface area (Å²) < 4.78 is 7.04. The molecule has 0 aromatic carbocycles. The van der Waals surface area contributed by atoms with Crippen molar-refractivity contribution < 1.29 is 9.53 Å². The van der Waals surface area contributed by atoms with Crippen LogP contribution in [0.1, 0.15) is 37.7 Å². The average molecular weight is 266 g/mol. The van der Waals surface area contributed by atoms with Gasteiger partial charge in [-0.3, -0.25) is 9.69 Å². The van der Waals surface area contributed by atoms with Gasteiger partial charge in [0, 0.05) is 19.6 Å². The number of nitrogens with zero attached hydrogens (tertiary/aromatic N) is 4. The zero-order valence-corrected chi connectivity index (χ0v) is 11.9. The molecule has 19 heavy (non-hydrogen) atoms. The molecule has 0 N–H and O–H groups in total. The third kappa shape index (κ3) is 2.55. The monoisotopic (exact) mass is 266 g/mol. The molecule has 6 nitrogen and oxygen atoms in total. The van der Waals surface area contributed by atoms with E-state index in [1.54, 1.807) is 10.9 Å². The van der Waals surface area contributed by atoms with Crippen LogP contribution in [0.5, 0.6) is 0 Å². The molecule has 0 saturated carbocycles. The zero-order valence-electron chi connectivity index (χ0n) is 11.9. The van der Waals surface area contributed by atoms with Crippen LogP contribution >= 0.6 is 0 Å². The summed E-state index contributed by atoms with van der Waals surface area (Å²) in [5, 5.41) is 7.81. The number of morpholine rings is 1. The highest BCUT2D eigenvalue weighted by Crippen LogP contribution is 2.25. The van der Waals surface area contributed by atoms with Crippen LogP contribution in [0.25, 0.3) is 0 Å². The lowest BCUT2D eigenvalue weighted by atomic mass is 9.88. The number of hydrogen-bond acceptors (Lipinski definition) is 5. The molecule has 1 aliphatic rings. The van der Waals surface area contributed by atoms with E-state index in [1.807, 2.05) is 20.8 Å². The first-order valence-electron chi connectivity index (χ1n) is 6.89. The second kappa shape index (κ2) is 5.79. The number of carbonyl (C=O) groups is 1. The van der Waals surface area contributed by atoms with E-state index in [9.17, 15) is 4.79 Å². The van der Waals surface area contributed by atoms with E-state index in [0.29, 0.717) is 25.5 Å². The summed E-state index contributed by atoms with van der Waals surface area (Å²) in [4.78, 5) is 15.1. The number of aromatic nitrogens is 3. The molecule has 2 heterocycles. The summed E-state index contributed by atoms with van der Waals surface area (Å²) in [6, 6.07) is 0. The highest BCUT2D eigenvalue weighted by atomic mass is 16.5. The largest absolute Gasteiger partial charge is 0.379 e. The molecule has 1 aliphatic heterocycles. The molecule has 1 aromatic heterocycles. The van der Waals surface area contributed by atoms with E-state index in [2.05, 4.69) is 15.2 Å². The Hall–Kier alpha value is -1.27. The summed E-state index contributed by atoms with van der Waals surface area (Å²) in [5.74, 6) is 0.101. The Morgan fingerprint density at radius 1 is 1.42 bits per heavy atom. The standard InChI is InChI=1S/C13H22N4O2/c1-4-13(3,16-6-8-19-9-7-16)12(18)11-10-14-15-17(11)5-2/h10H,4-9H2,1-3H3. The Balaban J connectivity index is 2.27. The van der Waals surface area contributed by atoms with Crippen molar-refractivity contribution in [3.63, 3.8) is 0 Å². The van der Waals surface area contributed by atoms with Crippen molar-refractivity contribution in [3.8, 4) is 0 Å². The molecular formula is C13H22N4O2. The zero-order chi connectivity index (χ0) is 13.9. The Bertz CT molecular complexity index is 440. The van der Waals surface area contributed by atoms with Crippen LogP contribution in [0.3, 0.4) is 0 Å². The third-order valence-corrected chi connectivity index (χ3v) is 4.04. The number of Topliss-reactive ketones (excluding diaryl/α,β-unsaturated/α-hetero) is 1. The van der Waals surface area contributed by atoms with Crippen LogP contribution in [0.4, 0.5) is 0 Å². The number of rotatable bonds is 5. The first-order chi connectivity index (χ1) is 9.13. The van der Waals surface area contributed by atoms with Gasteiger partial charge in [-0.05, 0) is 20.3 Å². The van der Waals surface area contributed by atoms with Crippen molar-refractivity contribution in [2.24, 2.45) is 0 Å². The average Bonchev–Trinajstić information content (AvgIpc) is 2.94. The molecular weight excluding hydrogens is 244 g/mol. The topological polar surface area (TPSA) is 60.2 Å². The molecule has 1 fully saturated rings. The molecule has 0 aliphatic carbocycles. The van der Waals surface area contributed by atoms with E-state index in [1.165, 1.54) is 0 Å². The first-order valence-corrected chi connectivity index (χ1v) is 6.89. The second-order valence-electron chi connectivity index (χ2n) is 4.99. The molecule has 0 spiro atoms. The lowest BCUT2D eigenvalue weighted by molar-refractivity contribution is -0.0110. The molecule has 1 unspecified atom stereocenters. The van der Waals surface area contributed by atoms with E-state index < -0.39 is 5.54 Å². The predicted molar refractivity (Wildman–Crippen MR) is 71.1 cm³/mol. The number of carbonyl (C=O) groups excluding carboxylic acids is 1. The van der Waals surface area contributed by atoms with Crippen molar-refractivity contribution in [1.29, 1.82) is 0 Å². The van der Waals surface area contributed by atoms with E-state index >= 15 is 0 Å². The molecule has 0 bridgehead atoms. The molecule has 6 heteroatoms. The Labute approximate surface area is 113 Å². The molecule has 0 amide bonds. The van der Waals surface area contributed by atoms with Gasteiger partial charge >= 0.3 is 0 Å². The van der Waals surface area contributed by atoms with Crippen LogP contribution in [0.2, 0.25) is 0 Å². The quantitative estimate of drug-likeness (QED) is 0.744. The van der Waals surface area contributed by atoms with Crippen LogP contribution in [0.15, 0.2) is 6.20 Å². The van der Waals surface area contributed by atoms with Gasteiger partial charge in [-0.1, -0.05) is 12.1 Å². The lowest BCUT2D eigenvalue weighted by Gasteiger charge is -2.41. The molecule has 0 radical (unpaired) electrons. The van der Waals surface area contributed by atoms with Crippen molar-refractivity contribution >= 4 is 5.78 Å². The maximum absolute atomic E-state index is 12.9. The van der Waals surface area contributed by atoms with Crippen LogP contribution in [0, 0.1) is 0 Å². The Morgan fingerprint density at radius 3 is 2.68 bits per heavy atom. The lowest BCUT2D eigenvalue weighted by Crippen LogP contribution is -2.56. The smallest absolute Gasteiger partial charge is 0.202 e. The van der Waals surface area contributed by atoms with Crippen LogP contribution < -0.4 is 0 Å². The van der Waals surface area contributed by atoms with Crippen molar-refractivity contribution in [1.82, 2.24) is 19.9 Å². The summed E-state index contributed by atoms with van der Waals surface area (Å²) in [5.41, 5.74) is 0.0941. The van der Waals surface area contributed by atoms with Gasteiger partial charge in [-0.2, -0.15) is 0 Å². The van der Waals surface area contributed by atoms with Crippen LogP contribution in [-0.4, -0.2) is 57.5 Å². The summed E-state index contributed by atoms with van der Waals surface area (Å²) in [6.07, 6.45) is 2.33. The fourth-order valence-corrected chi connectivity index (χ4v) is 2.53. The predicted octanol–water partition coefficient (Wildman–Crippen LogP) is 0.982. The summed E-state index contributed by atoms with van der Waals surface area (Å²) in [7, 11) is 0. The summed E-state index contributed by atoms with van der Waals surface area (Å²) >= 11 is 0. The van der Waals surface area contributed by atoms with Gasteiger partial charge in [0.05, 0.1) is 24.9 Å². The SMILES string of the molecule is CCn1nncc1C(=O)C(C)(CC)N1CCOCC1. The number of hydrogen-bond donors (Lipinski definition) is 0. The fraction of sp³-hybridized carbons (Fsp3) is 0.769. The minimum atomic E-state index is -0.502. The maximum atomic E-state index is 12.9. The third-order valence-electron chi connectivity index (χ3n) is 4.04. The normalized spacial score (nSPS) is 20.2. The summed E-state index contributed by atoms with van der Waals surface area (Å²) in [6.45, 7) is 9.64. The molecule has 2 rings (SSSR count). The van der Waals surface area contributed by atoms with Gasteiger partial charge in [0.25, 0.3) is 0 Å². The highest BCUT2D eigenvalue weighted by molar-refractivity contribution is 6.01. The first kappa shape index (κ1) is 14.1. The van der Waals surface area contributed by atoms with Crippen molar-refractivity contribution in [2.75, 3.05) is 26.3 Å². The highest BCUT2D eigenvalue weighted by Gasteiger charge is 2.40. The van der Waals surface area contributed by atoms with Crippen LogP contribution in [-0.2, 0) is 11.3 Å². The molecule has 1 atom stereocenters. The van der Waals surface area contributed by atoms with E-state index in [4.69, 9.17) is 4.74 Å². The Kier molecular flexibility index (Phi) is 4.31. The van der Waals surface area contributed by atoms with E-state index in [0.717, 1.165) is 19.5 Å². The minimum absolute atomic E-state index is 0.101. The van der Waals surface area contributed by atoms with Crippen molar-refractivity contribution in [3.05, 3.63) is 11.9 Å². The van der Waals surface area contributed by atoms with Gasteiger partial charge in [-0.25, -0.2) is 4.68 Å². The van der Waals surface area contributed by atoms with Gasteiger partial charge in [0.2, 0.25) is 5.78 Å². The molecule has 1 aromatic rings. The fourth-order valence-electron chi connectivity index (χ4n) is 2.53. The number of ketones is 1. The van der Waals surface area contributed by atoms with E-state index in [-0.39, 0.29) is 5.78 Å². The van der Waals surface area contributed by atoms with Gasteiger partial charge in [0.1, 0.15) is 5.69 Å². The minimum Gasteiger partial charge on any atom is -0.379 e. The van der Waals surface area contributed by atoms with Gasteiger partial charge in [0.15, 0.2) is 0 Å². The second-order valence-corrected chi connectivity index (χ2v) is 4.99. The van der Waals surface area contributed by atoms with Gasteiger partial charge < -0.3 is 4.74 Å². The number of aryl methyl sites for hydroxylation is 1. The van der Waals surface area contributed by atoms with Crippen molar-refractivity contribution in [2.45, 2.75) is 39.3 Å². The maximum Gasteiger partial charge on any atom is 0.202 e.